The number of carbonyl (C=O) groups excluding carboxylic acids is 3. The average Bonchev–Trinajstić information content (AvgIpc) is 3.96. The second-order valence-corrected chi connectivity index (χ2v) is 14.4. The number of amides is 3. The quantitative estimate of drug-likeness (QED) is 0.0610. The highest BCUT2D eigenvalue weighted by molar-refractivity contribution is 5.87. The molecule has 53 heavy (non-hydrogen) atoms. The molecule has 3 N–H and O–H groups in total. The molecule has 278 valence electrons. The van der Waals surface area contributed by atoms with Gasteiger partial charge in [0.15, 0.2) is 0 Å². The van der Waals surface area contributed by atoms with Crippen LogP contribution in [0.2, 0.25) is 0 Å². The van der Waals surface area contributed by atoms with Gasteiger partial charge in [-0.15, -0.1) is 0 Å². The van der Waals surface area contributed by atoms with Gasteiger partial charge in [-0.1, -0.05) is 51.7 Å². The predicted molar refractivity (Wildman–Crippen MR) is 201 cm³/mol. The van der Waals surface area contributed by atoms with Gasteiger partial charge in [-0.2, -0.15) is 4.89 Å². The number of carbonyl (C=O) groups is 3. The summed E-state index contributed by atoms with van der Waals surface area (Å²) in [6, 6.07) is 12.4. The zero-order valence-corrected chi connectivity index (χ0v) is 31.2. The van der Waals surface area contributed by atoms with Crippen LogP contribution in [0.1, 0.15) is 95.2 Å². The number of H-pyrrole nitrogens is 2. The van der Waals surface area contributed by atoms with Crippen LogP contribution in [0, 0.1) is 23.7 Å². The highest BCUT2D eigenvalue weighted by atomic mass is 17.2. The van der Waals surface area contributed by atoms with Gasteiger partial charge in [0.25, 0.3) is 0 Å². The maximum Gasteiger partial charge on any atom is 0.248 e. The second kappa shape index (κ2) is 16.5. The normalized spacial score (nSPS) is 18.5. The number of imidazole rings is 2. The molecular formula is C40H48N8O5. The number of nitrogens with zero attached hydrogens (tertiary/aromatic N) is 5. The Balaban J connectivity index is 1.12. The number of benzene rings is 2. The molecule has 0 saturated carbocycles. The molecule has 4 heterocycles. The molecule has 2 aromatic heterocycles. The third kappa shape index (κ3) is 8.44. The van der Waals surface area contributed by atoms with Crippen LogP contribution in [-0.2, 0) is 24.2 Å². The maximum absolute atomic E-state index is 13.5. The molecular weight excluding hydrogens is 672 g/mol. The van der Waals surface area contributed by atoms with Crippen molar-refractivity contribution in [3.63, 3.8) is 0 Å². The molecule has 4 atom stereocenters. The number of aromatic nitrogens is 4. The number of nitrogens with one attached hydrogen (secondary N) is 3. The van der Waals surface area contributed by atoms with E-state index in [1.54, 1.807) is 6.20 Å². The molecule has 0 radical (unpaired) electrons. The first-order valence-electron chi connectivity index (χ1n) is 18.3. The third-order valence-electron chi connectivity index (χ3n) is 9.88. The van der Waals surface area contributed by atoms with Crippen LogP contribution in [0.5, 0.6) is 0 Å². The average molecular weight is 721 g/mol. The molecule has 2 aliphatic heterocycles. The minimum Gasteiger partial charge on any atom is -0.344 e. The summed E-state index contributed by atoms with van der Waals surface area (Å²) in [5.41, 5.74) is 5.21. The lowest BCUT2D eigenvalue weighted by molar-refractivity contribution is -0.188. The van der Waals surface area contributed by atoms with Crippen molar-refractivity contribution < 1.29 is 24.2 Å². The number of hydrogen-bond acceptors (Lipinski definition) is 8. The van der Waals surface area contributed by atoms with E-state index in [2.05, 4.69) is 42.0 Å². The molecule has 0 spiro atoms. The van der Waals surface area contributed by atoms with Crippen LogP contribution in [0.15, 0.2) is 53.7 Å². The zero-order chi connectivity index (χ0) is 37.6. The summed E-state index contributed by atoms with van der Waals surface area (Å²) in [6.45, 7) is 10.5. The Labute approximate surface area is 309 Å². The van der Waals surface area contributed by atoms with E-state index in [-0.39, 0.29) is 41.6 Å². The summed E-state index contributed by atoms with van der Waals surface area (Å²) in [5, 5.41) is 2.82. The van der Waals surface area contributed by atoms with Gasteiger partial charge >= 0.3 is 0 Å². The first-order valence-corrected chi connectivity index (χ1v) is 18.3. The smallest absolute Gasteiger partial charge is 0.248 e. The summed E-state index contributed by atoms with van der Waals surface area (Å²) in [6.07, 6.45) is 6.36. The standard InChI is InChI=1S/C40H48N8O5/c1-24(2)35(42-23-53-52-6)39(50)48-20-8-10-34(48)38-44-30-18-15-28(21-31(30)45-38)12-11-27-13-16-29(17-14-27)32-22-41-37(46-32)33-9-7-19-47(33)40(51)36(25(3)4)43-26(5)49/h13-18,21-25,33-36H,7-10,19-20H2,1-6H3,(H,41,46)(H,43,49)(H,44,45)/t33-,34-,35-,36-/m0/s1. The van der Waals surface area contributed by atoms with E-state index in [1.165, 1.54) is 20.4 Å². The lowest BCUT2D eigenvalue weighted by atomic mass is 10.0. The molecule has 2 saturated heterocycles. The highest BCUT2D eigenvalue weighted by Gasteiger charge is 2.38. The van der Waals surface area contributed by atoms with Crippen LogP contribution in [-0.4, -0.2) is 86.1 Å². The lowest BCUT2D eigenvalue weighted by Crippen LogP contribution is -2.50. The fourth-order valence-corrected chi connectivity index (χ4v) is 7.16. The summed E-state index contributed by atoms with van der Waals surface area (Å²) >= 11 is 0. The number of aromatic amines is 2. The SMILES string of the molecule is COOC=N[C@H](C(=O)N1CCC[C@H]1c1nc2ccc(C#Cc3ccc(-c4cnc([C@@H]5CCCN5C(=O)[C@@H](NC(C)=O)C(C)C)[nH]4)cc3)cc2[nH]1)C(C)C. The molecule has 13 heteroatoms. The topological polar surface area (TPSA) is 158 Å². The monoisotopic (exact) mass is 720 g/mol. The summed E-state index contributed by atoms with van der Waals surface area (Å²) in [4.78, 5) is 72.5. The fourth-order valence-electron chi connectivity index (χ4n) is 7.16. The van der Waals surface area contributed by atoms with E-state index in [4.69, 9.17) is 9.87 Å². The van der Waals surface area contributed by atoms with Gasteiger partial charge in [0.05, 0.1) is 42.1 Å². The van der Waals surface area contributed by atoms with Crippen molar-refractivity contribution in [1.82, 2.24) is 35.1 Å². The molecule has 3 amide bonds. The van der Waals surface area contributed by atoms with E-state index in [9.17, 15) is 14.4 Å². The second-order valence-electron chi connectivity index (χ2n) is 14.4. The van der Waals surface area contributed by atoms with Gasteiger partial charge in [-0.25, -0.2) is 15.0 Å². The lowest BCUT2D eigenvalue weighted by Gasteiger charge is -2.30. The van der Waals surface area contributed by atoms with Crippen LogP contribution in [0.25, 0.3) is 22.3 Å². The maximum atomic E-state index is 13.5. The Kier molecular flexibility index (Phi) is 11.6. The van der Waals surface area contributed by atoms with Crippen LogP contribution in [0.3, 0.4) is 0 Å². The minimum atomic E-state index is -0.580. The molecule has 2 aliphatic rings. The number of fused-ring (bicyclic) bond motifs is 1. The number of hydrogen-bond donors (Lipinski definition) is 3. The van der Waals surface area contributed by atoms with Crippen molar-refractivity contribution in [2.45, 2.75) is 84.5 Å². The molecule has 0 bridgehead atoms. The summed E-state index contributed by atoms with van der Waals surface area (Å²) in [5.74, 6) is 7.64. The van der Waals surface area contributed by atoms with Gasteiger partial charge in [-0.3, -0.25) is 14.4 Å². The third-order valence-corrected chi connectivity index (χ3v) is 9.88. The number of rotatable bonds is 11. The van der Waals surface area contributed by atoms with Gasteiger partial charge in [0.2, 0.25) is 24.1 Å². The zero-order valence-electron chi connectivity index (χ0n) is 31.2. The Morgan fingerprint density at radius 2 is 1.57 bits per heavy atom. The molecule has 2 aromatic carbocycles. The van der Waals surface area contributed by atoms with Gasteiger partial charge in [-0.05, 0) is 73.4 Å². The molecule has 6 rings (SSSR count). The molecule has 2 fully saturated rings. The first-order chi connectivity index (χ1) is 25.5. The Morgan fingerprint density at radius 1 is 0.906 bits per heavy atom. The van der Waals surface area contributed by atoms with Crippen molar-refractivity contribution >= 4 is 35.2 Å². The van der Waals surface area contributed by atoms with Crippen molar-refractivity contribution in [1.29, 1.82) is 0 Å². The Hall–Kier alpha value is -5.48. The van der Waals surface area contributed by atoms with E-state index in [1.807, 2.05) is 80.0 Å². The molecule has 4 aromatic rings. The van der Waals surface area contributed by atoms with Crippen molar-refractivity contribution in [2.75, 3.05) is 20.2 Å². The predicted octanol–water partition coefficient (Wildman–Crippen LogP) is 5.47. The highest BCUT2D eigenvalue weighted by Crippen LogP contribution is 2.34. The summed E-state index contributed by atoms with van der Waals surface area (Å²) in [7, 11) is 1.39. The Bertz CT molecular complexity index is 2020. The van der Waals surface area contributed by atoms with E-state index in [0.717, 1.165) is 70.7 Å². The van der Waals surface area contributed by atoms with Crippen molar-refractivity contribution in [2.24, 2.45) is 16.8 Å². The fraction of sp³-hybridized carbons (Fsp3) is 0.450. The van der Waals surface area contributed by atoms with Gasteiger partial charge in [0.1, 0.15) is 23.7 Å². The van der Waals surface area contributed by atoms with Crippen LogP contribution in [0.4, 0.5) is 0 Å². The summed E-state index contributed by atoms with van der Waals surface area (Å²) < 4.78 is 0. The molecule has 0 aliphatic carbocycles. The van der Waals surface area contributed by atoms with Gasteiger partial charge in [0, 0.05) is 31.1 Å². The van der Waals surface area contributed by atoms with E-state index < -0.39 is 12.1 Å². The van der Waals surface area contributed by atoms with Crippen molar-refractivity contribution in [3.8, 4) is 23.1 Å². The van der Waals surface area contributed by atoms with Crippen LogP contribution >= 0.6 is 0 Å². The van der Waals surface area contributed by atoms with E-state index in [0.29, 0.717) is 13.1 Å². The Morgan fingerprint density at radius 3 is 2.23 bits per heavy atom. The molecule has 0 unspecified atom stereocenters. The van der Waals surface area contributed by atoms with Gasteiger partial charge < -0.3 is 30.0 Å². The van der Waals surface area contributed by atoms with E-state index >= 15 is 0 Å². The first kappa shape index (κ1) is 37.3. The van der Waals surface area contributed by atoms with Crippen LogP contribution < -0.4 is 5.32 Å². The number of aliphatic imine (C=N–C) groups is 1. The van der Waals surface area contributed by atoms with Crippen molar-refractivity contribution in [3.05, 3.63) is 71.4 Å². The molecule has 13 nitrogen and oxygen atoms in total. The largest absolute Gasteiger partial charge is 0.344 e. The number of likely N-dealkylation sites (tertiary alicyclic amines) is 2. The minimum absolute atomic E-state index is 0.0142.